The van der Waals surface area contributed by atoms with Crippen molar-refractivity contribution in [2.24, 2.45) is 5.73 Å². The number of aliphatic carboxylic acids is 1. The summed E-state index contributed by atoms with van der Waals surface area (Å²) in [6.45, 7) is 0. The van der Waals surface area contributed by atoms with Gasteiger partial charge in [-0.05, 0) is 11.6 Å². The molecular weight excluding hydrogens is 228 g/mol. The molecule has 0 fully saturated rings. The smallest absolute Gasteiger partial charge is 0.305 e. The van der Waals surface area contributed by atoms with E-state index in [4.69, 9.17) is 10.8 Å². The molecule has 0 saturated heterocycles. The molecule has 0 aliphatic rings. The molecule has 4 N–H and O–H groups in total. The number of carboxylic acid groups (broad SMARTS) is 1. The Hall–Kier alpha value is -1.52. The van der Waals surface area contributed by atoms with Crippen molar-refractivity contribution in [3.05, 3.63) is 36.0 Å². The molecule has 0 radical (unpaired) electrons. The number of carboxylic acids is 1. The molecule has 1 heterocycles. The van der Waals surface area contributed by atoms with Crippen LogP contribution in [0.2, 0.25) is 0 Å². The maximum atomic E-state index is 10.6. The zero-order valence-corrected chi connectivity index (χ0v) is 9.33. The summed E-state index contributed by atoms with van der Waals surface area (Å²) in [5.41, 5.74) is 7.64. The number of halogens is 1. The lowest BCUT2D eigenvalue weighted by atomic mass is 10.0. The lowest BCUT2D eigenvalue weighted by Gasteiger charge is -2.06. The molecule has 0 spiro atoms. The standard InChI is InChI=1S/C11H12N2O2.ClH/c12-9(5-11(14)15)8-6-13-10-4-2-1-3-7(8)10;/h1-4,6,9,13H,5,12H2,(H,14,15);1H. The molecule has 0 saturated carbocycles. The second-order valence-corrected chi connectivity index (χ2v) is 3.49. The molecule has 2 aromatic rings. The van der Waals surface area contributed by atoms with E-state index in [1.165, 1.54) is 0 Å². The predicted molar refractivity (Wildman–Crippen MR) is 64.7 cm³/mol. The van der Waals surface area contributed by atoms with Crippen molar-refractivity contribution in [2.45, 2.75) is 12.5 Å². The molecule has 1 atom stereocenters. The molecule has 1 aromatic carbocycles. The van der Waals surface area contributed by atoms with Crippen molar-refractivity contribution >= 4 is 29.3 Å². The molecule has 2 rings (SSSR count). The van der Waals surface area contributed by atoms with Gasteiger partial charge in [-0.1, -0.05) is 18.2 Å². The monoisotopic (exact) mass is 240 g/mol. The van der Waals surface area contributed by atoms with Gasteiger partial charge in [-0.3, -0.25) is 4.79 Å². The number of nitrogens with two attached hydrogens (primary N) is 1. The van der Waals surface area contributed by atoms with E-state index in [1.54, 1.807) is 6.20 Å². The van der Waals surface area contributed by atoms with Crippen LogP contribution in [0, 0.1) is 0 Å². The Labute approximate surface area is 98.9 Å². The van der Waals surface area contributed by atoms with Crippen LogP contribution in [0.1, 0.15) is 18.0 Å². The summed E-state index contributed by atoms with van der Waals surface area (Å²) in [5.74, 6) is -0.882. The molecule has 0 amide bonds. The summed E-state index contributed by atoms with van der Waals surface area (Å²) >= 11 is 0. The van der Waals surface area contributed by atoms with Crippen LogP contribution in [-0.2, 0) is 4.79 Å². The maximum Gasteiger partial charge on any atom is 0.305 e. The number of benzene rings is 1. The molecule has 0 aliphatic heterocycles. The summed E-state index contributed by atoms with van der Waals surface area (Å²) in [6, 6.07) is 7.24. The van der Waals surface area contributed by atoms with Gasteiger partial charge in [-0.25, -0.2) is 0 Å². The van der Waals surface area contributed by atoms with Crippen LogP contribution in [0.3, 0.4) is 0 Å². The highest BCUT2D eigenvalue weighted by molar-refractivity contribution is 5.85. The lowest BCUT2D eigenvalue weighted by Crippen LogP contribution is -2.14. The first-order chi connectivity index (χ1) is 7.18. The fraction of sp³-hybridized carbons (Fsp3) is 0.182. The number of aromatic nitrogens is 1. The molecule has 0 bridgehead atoms. The fourth-order valence-electron chi connectivity index (χ4n) is 1.70. The summed E-state index contributed by atoms with van der Waals surface area (Å²) < 4.78 is 0. The largest absolute Gasteiger partial charge is 0.481 e. The van der Waals surface area contributed by atoms with Crippen molar-refractivity contribution in [2.75, 3.05) is 0 Å². The van der Waals surface area contributed by atoms with Gasteiger partial charge in [0.2, 0.25) is 0 Å². The zero-order chi connectivity index (χ0) is 10.8. The van der Waals surface area contributed by atoms with E-state index in [0.29, 0.717) is 0 Å². The average molecular weight is 241 g/mol. The van der Waals surface area contributed by atoms with Crippen molar-refractivity contribution < 1.29 is 9.90 Å². The first kappa shape index (κ1) is 12.5. The van der Waals surface area contributed by atoms with Crippen LogP contribution in [0.4, 0.5) is 0 Å². The van der Waals surface area contributed by atoms with E-state index in [1.807, 2.05) is 24.3 Å². The highest BCUT2D eigenvalue weighted by Gasteiger charge is 2.14. The minimum atomic E-state index is -0.882. The highest BCUT2D eigenvalue weighted by Crippen LogP contribution is 2.24. The third-order valence-corrected chi connectivity index (χ3v) is 2.42. The van der Waals surface area contributed by atoms with Crippen LogP contribution < -0.4 is 5.73 Å². The Bertz CT molecular complexity index is 495. The average Bonchev–Trinajstić information content (AvgIpc) is 2.59. The second-order valence-electron chi connectivity index (χ2n) is 3.49. The van der Waals surface area contributed by atoms with E-state index in [2.05, 4.69) is 4.98 Å². The molecule has 1 aromatic heterocycles. The highest BCUT2D eigenvalue weighted by atomic mass is 35.5. The van der Waals surface area contributed by atoms with Gasteiger partial charge in [0, 0.05) is 23.1 Å². The minimum Gasteiger partial charge on any atom is -0.481 e. The van der Waals surface area contributed by atoms with Gasteiger partial charge in [-0.2, -0.15) is 0 Å². The molecule has 0 aliphatic carbocycles. The topological polar surface area (TPSA) is 79.1 Å². The normalized spacial score (nSPS) is 12.1. The number of para-hydroxylation sites is 1. The van der Waals surface area contributed by atoms with Gasteiger partial charge in [0.1, 0.15) is 0 Å². The molecule has 86 valence electrons. The number of aromatic amines is 1. The van der Waals surface area contributed by atoms with Gasteiger partial charge in [-0.15, -0.1) is 12.4 Å². The first-order valence-electron chi connectivity index (χ1n) is 4.72. The second kappa shape index (κ2) is 5.01. The van der Waals surface area contributed by atoms with Gasteiger partial charge >= 0.3 is 5.97 Å². The molecule has 1 unspecified atom stereocenters. The summed E-state index contributed by atoms with van der Waals surface area (Å²) in [7, 11) is 0. The SMILES string of the molecule is Cl.NC(CC(=O)O)c1c[nH]c2ccccc12. The van der Waals surface area contributed by atoms with E-state index < -0.39 is 12.0 Å². The van der Waals surface area contributed by atoms with E-state index in [-0.39, 0.29) is 18.8 Å². The Balaban J connectivity index is 0.00000128. The van der Waals surface area contributed by atoms with Crippen LogP contribution in [0.15, 0.2) is 30.5 Å². The molecule has 4 nitrogen and oxygen atoms in total. The number of hydrogen-bond donors (Lipinski definition) is 3. The van der Waals surface area contributed by atoms with Gasteiger partial charge in [0.25, 0.3) is 0 Å². The van der Waals surface area contributed by atoms with Gasteiger partial charge < -0.3 is 15.8 Å². The summed E-state index contributed by atoms with van der Waals surface area (Å²) in [5, 5.41) is 9.66. The van der Waals surface area contributed by atoms with E-state index in [9.17, 15) is 4.79 Å². The van der Waals surface area contributed by atoms with Crippen molar-refractivity contribution in [3.63, 3.8) is 0 Å². The number of nitrogens with one attached hydrogen (secondary N) is 1. The maximum absolute atomic E-state index is 10.6. The van der Waals surface area contributed by atoms with Crippen LogP contribution in [0.25, 0.3) is 10.9 Å². The van der Waals surface area contributed by atoms with E-state index >= 15 is 0 Å². The van der Waals surface area contributed by atoms with Crippen LogP contribution in [0.5, 0.6) is 0 Å². The fourth-order valence-corrected chi connectivity index (χ4v) is 1.70. The van der Waals surface area contributed by atoms with Crippen molar-refractivity contribution in [3.8, 4) is 0 Å². The minimum absolute atomic E-state index is 0. The molecule has 5 heteroatoms. The Kier molecular flexibility index (Phi) is 3.93. The van der Waals surface area contributed by atoms with Crippen LogP contribution >= 0.6 is 12.4 Å². The third kappa shape index (κ3) is 2.35. The summed E-state index contributed by atoms with van der Waals surface area (Å²) in [4.78, 5) is 13.6. The number of rotatable bonds is 3. The van der Waals surface area contributed by atoms with Gasteiger partial charge in [0.05, 0.1) is 6.42 Å². The Morgan fingerprint density at radius 3 is 2.81 bits per heavy atom. The first-order valence-corrected chi connectivity index (χ1v) is 4.72. The number of H-pyrrole nitrogens is 1. The molecule has 16 heavy (non-hydrogen) atoms. The lowest BCUT2D eigenvalue weighted by molar-refractivity contribution is -0.137. The van der Waals surface area contributed by atoms with E-state index in [0.717, 1.165) is 16.5 Å². The zero-order valence-electron chi connectivity index (χ0n) is 8.51. The quantitative estimate of drug-likeness (QED) is 0.768. The number of hydrogen-bond acceptors (Lipinski definition) is 2. The number of fused-ring (bicyclic) bond motifs is 1. The third-order valence-electron chi connectivity index (χ3n) is 2.42. The number of carbonyl (C=O) groups is 1. The van der Waals surface area contributed by atoms with Crippen molar-refractivity contribution in [1.29, 1.82) is 0 Å². The van der Waals surface area contributed by atoms with Crippen molar-refractivity contribution in [1.82, 2.24) is 4.98 Å². The molecular formula is C11H13ClN2O2. The Morgan fingerprint density at radius 2 is 2.12 bits per heavy atom. The summed E-state index contributed by atoms with van der Waals surface area (Å²) in [6.07, 6.45) is 1.72. The van der Waals surface area contributed by atoms with Gasteiger partial charge in [0.15, 0.2) is 0 Å². The predicted octanol–water partition coefficient (Wildman–Crippen LogP) is 2.06. The Morgan fingerprint density at radius 1 is 1.44 bits per heavy atom. The van der Waals surface area contributed by atoms with Crippen LogP contribution in [-0.4, -0.2) is 16.1 Å².